The molecule has 1 unspecified atom stereocenters. The number of pyridine rings is 1. The lowest BCUT2D eigenvalue weighted by Gasteiger charge is -2.19. The van der Waals surface area contributed by atoms with Gasteiger partial charge in [-0.2, -0.15) is 4.98 Å². The van der Waals surface area contributed by atoms with Gasteiger partial charge in [0.25, 0.3) is 6.01 Å². The first-order valence-electron chi connectivity index (χ1n) is 9.61. The maximum absolute atomic E-state index is 5.64. The second-order valence-corrected chi connectivity index (χ2v) is 6.98. The van der Waals surface area contributed by atoms with Crippen LogP contribution >= 0.6 is 0 Å². The van der Waals surface area contributed by atoms with Crippen molar-refractivity contribution in [1.29, 1.82) is 0 Å². The van der Waals surface area contributed by atoms with Crippen LogP contribution in [0.4, 0.5) is 0 Å². The van der Waals surface area contributed by atoms with E-state index in [2.05, 4.69) is 29.5 Å². The summed E-state index contributed by atoms with van der Waals surface area (Å²) < 4.78 is 18.6. The molecule has 0 aliphatic carbocycles. The number of rotatable bonds is 8. The molecule has 0 radical (unpaired) electrons. The molecule has 0 bridgehead atoms. The van der Waals surface area contributed by atoms with Crippen LogP contribution in [-0.4, -0.2) is 42.5 Å². The molecule has 0 fully saturated rings. The molecule has 3 aromatic rings. The average Bonchev–Trinajstić information content (AvgIpc) is 3.09. The van der Waals surface area contributed by atoms with Crippen molar-refractivity contribution in [1.82, 2.24) is 14.5 Å². The summed E-state index contributed by atoms with van der Waals surface area (Å²) in [7, 11) is 5.08. The Bertz CT molecular complexity index is 965. The number of ether oxygens (including phenoxy) is 3. The Kier molecular flexibility index (Phi) is 6.19. The summed E-state index contributed by atoms with van der Waals surface area (Å²) in [5.74, 6) is 0.877. The van der Waals surface area contributed by atoms with E-state index in [0.717, 1.165) is 52.0 Å². The molecule has 3 rings (SSSR count). The summed E-state index contributed by atoms with van der Waals surface area (Å²) in [5, 5.41) is 0. The molecule has 0 aliphatic heterocycles. The van der Waals surface area contributed by atoms with Gasteiger partial charge < -0.3 is 14.2 Å². The van der Waals surface area contributed by atoms with Crippen LogP contribution in [0.2, 0.25) is 0 Å². The van der Waals surface area contributed by atoms with Gasteiger partial charge in [0.2, 0.25) is 0 Å². The fourth-order valence-corrected chi connectivity index (χ4v) is 3.73. The van der Waals surface area contributed by atoms with Crippen LogP contribution in [0.25, 0.3) is 22.3 Å². The van der Waals surface area contributed by atoms with E-state index in [0.29, 0.717) is 12.6 Å². The van der Waals surface area contributed by atoms with E-state index in [4.69, 9.17) is 19.2 Å². The van der Waals surface area contributed by atoms with Gasteiger partial charge in [0, 0.05) is 31.5 Å². The Labute approximate surface area is 166 Å². The number of aromatic nitrogens is 3. The number of aryl methyl sites for hydroxylation is 2. The average molecular weight is 383 g/mol. The van der Waals surface area contributed by atoms with Gasteiger partial charge >= 0.3 is 0 Å². The van der Waals surface area contributed by atoms with Gasteiger partial charge in [-0.15, -0.1) is 0 Å². The van der Waals surface area contributed by atoms with Crippen LogP contribution in [0.1, 0.15) is 36.9 Å². The summed E-state index contributed by atoms with van der Waals surface area (Å²) >= 11 is 0. The van der Waals surface area contributed by atoms with Crippen molar-refractivity contribution in [3.63, 3.8) is 0 Å². The number of nitrogens with zero attached hydrogens (tertiary/aromatic N) is 3. The molecule has 150 valence electrons. The van der Waals surface area contributed by atoms with E-state index in [1.807, 2.05) is 25.3 Å². The number of methoxy groups -OCH3 is 3. The second-order valence-electron chi connectivity index (χ2n) is 6.98. The number of hydrogen-bond donors (Lipinski definition) is 0. The molecule has 0 aliphatic rings. The molecule has 6 heteroatoms. The lowest BCUT2D eigenvalue weighted by molar-refractivity contribution is 0.175. The first-order valence-corrected chi connectivity index (χ1v) is 9.61. The fraction of sp³-hybridized carbons (Fsp3) is 0.455. The highest BCUT2D eigenvalue weighted by Crippen LogP contribution is 2.36. The summed E-state index contributed by atoms with van der Waals surface area (Å²) in [5.41, 5.74) is 5.96. The Morgan fingerprint density at radius 2 is 1.86 bits per heavy atom. The van der Waals surface area contributed by atoms with Crippen molar-refractivity contribution in [3.8, 4) is 23.0 Å². The van der Waals surface area contributed by atoms with Gasteiger partial charge in [-0.3, -0.25) is 9.55 Å². The number of imidazole rings is 1. The Balaban J connectivity index is 2.21. The van der Waals surface area contributed by atoms with Crippen LogP contribution in [-0.2, 0) is 4.74 Å². The summed E-state index contributed by atoms with van der Waals surface area (Å²) in [6.45, 7) is 6.97. The molecule has 0 saturated heterocycles. The van der Waals surface area contributed by atoms with E-state index in [9.17, 15) is 0 Å². The summed E-state index contributed by atoms with van der Waals surface area (Å²) in [6.07, 6.45) is 3.70. The first kappa shape index (κ1) is 20.1. The van der Waals surface area contributed by atoms with Crippen molar-refractivity contribution in [3.05, 3.63) is 35.5 Å². The van der Waals surface area contributed by atoms with Crippen LogP contribution in [0, 0.1) is 13.8 Å². The first-order chi connectivity index (χ1) is 13.5. The minimum Gasteiger partial charge on any atom is -0.496 e. The maximum Gasteiger partial charge on any atom is 0.297 e. The Morgan fingerprint density at radius 1 is 1.07 bits per heavy atom. The highest BCUT2D eigenvalue weighted by atomic mass is 16.5. The third kappa shape index (κ3) is 3.56. The molecule has 28 heavy (non-hydrogen) atoms. The predicted molar refractivity (Wildman–Crippen MR) is 111 cm³/mol. The highest BCUT2D eigenvalue weighted by Gasteiger charge is 2.22. The van der Waals surface area contributed by atoms with E-state index < -0.39 is 0 Å². The predicted octanol–water partition coefficient (Wildman–Crippen LogP) is 4.72. The minimum atomic E-state index is 0.244. The standard InChI is InChI=1S/C22H29N3O3/c1-7-16(9-11-26-4)25-18-8-10-23-20(21(18)24-22(25)28-6)17-12-15(3)19(27-5)13-14(17)2/h8,10,12-13,16H,7,9,11H2,1-6H3. The largest absolute Gasteiger partial charge is 0.496 e. The second kappa shape index (κ2) is 8.61. The Morgan fingerprint density at radius 3 is 2.50 bits per heavy atom. The number of hydrogen-bond acceptors (Lipinski definition) is 5. The maximum atomic E-state index is 5.64. The van der Waals surface area contributed by atoms with Gasteiger partial charge in [0.15, 0.2) is 0 Å². The molecule has 1 atom stereocenters. The van der Waals surface area contributed by atoms with Crippen molar-refractivity contribution >= 4 is 11.0 Å². The van der Waals surface area contributed by atoms with Crippen molar-refractivity contribution in [2.45, 2.75) is 39.7 Å². The van der Waals surface area contributed by atoms with Crippen LogP contribution in [0.3, 0.4) is 0 Å². The van der Waals surface area contributed by atoms with Crippen molar-refractivity contribution < 1.29 is 14.2 Å². The lowest BCUT2D eigenvalue weighted by atomic mass is 10.0. The number of fused-ring (bicyclic) bond motifs is 1. The molecule has 6 nitrogen and oxygen atoms in total. The molecular formula is C22H29N3O3. The summed E-state index contributed by atoms with van der Waals surface area (Å²) in [4.78, 5) is 9.48. The van der Waals surface area contributed by atoms with Crippen LogP contribution < -0.4 is 9.47 Å². The van der Waals surface area contributed by atoms with Gasteiger partial charge in [-0.25, -0.2) is 0 Å². The van der Waals surface area contributed by atoms with E-state index in [1.165, 1.54) is 0 Å². The minimum absolute atomic E-state index is 0.244. The highest BCUT2D eigenvalue weighted by molar-refractivity contribution is 5.91. The van der Waals surface area contributed by atoms with Crippen LogP contribution in [0.5, 0.6) is 11.8 Å². The van der Waals surface area contributed by atoms with E-state index >= 15 is 0 Å². The quantitative estimate of drug-likeness (QED) is 0.563. The van der Waals surface area contributed by atoms with Crippen molar-refractivity contribution in [2.75, 3.05) is 27.9 Å². The molecule has 2 aromatic heterocycles. The van der Waals surface area contributed by atoms with Gasteiger partial charge in [-0.1, -0.05) is 6.92 Å². The van der Waals surface area contributed by atoms with Gasteiger partial charge in [0.1, 0.15) is 11.3 Å². The van der Waals surface area contributed by atoms with E-state index in [-0.39, 0.29) is 6.04 Å². The summed E-state index contributed by atoms with van der Waals surface area (Å²) in [6, 6.07) is 7.02. The van der Waals surface area contributed by atoms with Crippen molar-refractivity contribution in [2.24, 2.45) is 0 Å². The zero-order valence-corrected chi connectivity index (χ0v) is 17.6. The lowest BCUT2D eigenvalue weighted by Crippen LogP contribution is -2.12. The normalized spacial score (nSPS) is 12.4. The monoisotopic (exact) mass is 383 g/mol. The molecular weight excluding hydrogens is 354 g/mol. The van der Waals surface area contributed by atoms with E-state index in [1.54, 1.807) is 21.3 Å². The zero-order valence-electron chi connectivity index (χ0n) is 17.6. The SMILES string of the molecule is CCC(CCOC)n1c(OC)nc2c(-c3cc(C)c(OC)cc3C)nccc21. The third-order valence-electron chi connectivity index (χ3n) is 5.25. The molecule has 0 saturated carbocycles. The fourth-order valence-electron chi connectivity index (χ4n) is 3.73. The number of benzene rings is 1. The van der Waals surface area contributed by atoms with Gasteiger partial charge in [0.05, 0.1) is 25.4 Å². The topological polar surface area (TPSA) is 58.4 Å². The third-order valence-corrected chi connectivity index (χ3v) is 5.25. The van der Waals surface area contributed by atoms with Gasteiger partial charge in [-0.05, 0) is 56.0 Å². The zero-order chi connectivity index (χ0) is 20.3. The molecule has 0 amide bonds. The molecule has 1 aromatic carbocycles. The van der Waals surface area contributed by atoms with Crippen LogP contribution in [0.15, 0.2) is 24.4 Å². The molecule has 2 heterocycles. The molecule has 0 spiro atoms. The smallest absolute Gasteiger partial charge is 0.297 e. The Hall–Kier alpha value is -2.60. The molecule has 0 N–H and O–H groups in total.